The molecular weight excluding hydrogens is 388 g/mol. The van der Waals surface area contributed by atoms with Crippen LogP contribution in [-0.4, -0.2) is 49.8 Å². The van der Waals surface area contributed by atoms with Crippen LogP contribution in [0.4, 0.5) is 0 Å². The van der Waals surface area contributed by atoms with Crippen LogP contribution in [0, 0.1) is 0 Å². The quantitative estimate of drug-likeness (QED) is 0.534. The third-order valence-electron chi connectivity index (χ3n) is 5.11. The Kier molecular flexibility index (Phi) is 6.72. The molecule has 29 heavy (non-hydrogen) atoms. The van der Waals surface area contributed by atoms with Crippen LogP contribution < -0.4 is 4.74 Å². The van der Waals surface area contributed by atoms with E-state index in [1.807, 2.05) is 18.2 Å². The summed E-state index contributed by atoms with van der Waals surface area (Å²) in [5, 5.41) is 0. The van der Waals surface area contributed by atoms with Crippen molar-refractivity contribution in [2.75, 3.05) is 26.2 Å². The molecule has 0 amide bonds. The van der Waals surface area contributed by atoms with Gasteiger partial charge in [-0.05, 0) is 29.7 Å². The normalized spacial score (nSPS) is 16.1. The molecule has 3 rings (SSSR count). The van der Waals surface area contributed by atoms with Crippen LogP contribution in [0.25, 0.3) is 0 Å². The van der Waals surface area contributed by atoms with Gasteiger partial charge >= 0.3 is 5.97 Å². The molecule has 0 unspecified atom stereocenters. The predicted molar refractivity (Wildman–Crippen MR) is 112 cm³/mol. The van der Waals surface area contributed by atoms with Gasteiger partial charge < -0.3 is 4.74 Å². The van der Waals surface area contributed by atoms with Gasteiger partial charge in [-0.15, -0.1) is 0 Å². The van der Waals surface area contributed by atoms with Gasteiger partial charge in [0.05, 0.1) is 4.90 Å². The largest absolute Gasteiger partial charge is 0.426 e. The van der Waals surface area contributed by atoms with Gasteiger partial charge in [0.1, 0.15) is 5.75 Å². The number of ether oxygens (including phenoxy) is 1. The molecule has 0 aliphatic carbocycles. The van der Waals surface area contributed by atoms with Crippen LogP contribution in [0.3, 0.4) is 0 Å². The second-order valence-electron chi connectivity index (χ2n) is 7.61. The van der Waals surface area contributed by atoms with Gasteiger partial charge in [-0.25, -0.2) is 8.42 Å². The molecule has 7 heteroatoms. The maximum atomic E-state index is 12.8. The lowest BCUT2D eigenvalue weighted by atomic mass is 10.00. The Morgan fingerprint density at radius 2 is 1.69 bits per heavy atom. The number of esters is 1. The summed E-state index contributed by atoms with van der Waals surface area (Å²) >= 11 is 0. The van der Waals surface area contributed by atoms with Crippen molar-refractivity contribution in [3.05, 3.63) is 59.7 Å². The summed E-state index contributed by atoms with van der Waals surface area (Å²) in [6, 6.07) is 14.5. The Bertz CT molecular complexity index is 950. The lowest BCUT2D eigenvalue weighted by Gasteiger charge is -2.34. The van der Waals surface area contributed by atoms with Gasteiger partial charge in [-0.1, -0.05) is 44.2 Å². The van der Waals surface area contributed by atoms with Crippen LogP contribution in [0.2, 0.25) is 0 Å². The highest BCUT2D eigenvalue weighted by molar-refractivity contribution is 7.89. The summed E-state index contributed by atoms with van der Waals surface area (Å²) in [5.74, 6) is 0.594. The van der Waals surface area contributed by atoms with Crippen molar-refractivity contribution < 1.29 is 17.9 Å². The number of sulfonamides is 1. The van der Waals surface area contributed by atoms with E-state index in [1.165, 1.54) is 16.8 Å². The molecule has 0 saturated carbocycles. The van der Waals surface area contributed by atoms with Gasteiger partial charge in [0.25, 0.3) is 0 Å². The zero-order chi connectivity index (χ0) is 21.0. The van der Waals surface area contributed by atoms with E-state index in [0.29, 0.717) is 49.3 Å². The minimum absolute atomic E-state index is 0.329. The second kappa shape index (κ2) is 9.07. The molecule has 0 spiro atoms. The zero-order valence-electron chi connectivity index (χ0n) is 17.2. The molecule has 0 N–H and O–H groups in total. The molecule has 1 heterocycles. The molecular formula is C22H28N2O4S. The number of carbonyl (C=O) groups excluding carboxylic acids is 1. The number of hydrogen-bond donors (Lipinski definition) is 0. The number of carbonyl (C=O) groups is 1. The summed E-state index contributed by atoms with van der Waals surface area (Å²) in [6.07, 6.45) is 0. The smallest absolute Gasteiger partial charge is 0.308 e. The van der Waals surface area contributed by atoms with Crippen molar-refractivity contribution in [2.45, 2.75) is 38.1 Å². The van der Waals surface area contributed by atoms with Crippen LogP contribution in [0.1, 0.15) is 37.8 Å². The fraction of sp³-hybridized carbons (Fsp3) is 0.409. The van der Waals surface area contributed by atoms with E-state index in [1.54, 1.807) is 24.3 Å². The van der Waals surface area contributed by atoms with Crippen molar-refractivity contribution in [3.63, 3.8) is 0 Å². The Morgan fingerprint density at radius 1 is 1.03 bits per heavy atom. The average Bonchev–Trinajstić information content (AvgIpc) is 2.70. The molecule has 0 radical (unpaired) electrons. The highest BCUT2D eigenvalue weighted by Crippen LogP contribution is 2.27. The number of rotatable bonds is 6. The average molecular weight is 417 g/mol. The number of nitrogens with zero attached hydrogens (tertiary/aromatic N) is 2. The first-order valence-corrected chi connectivity index (χ1v) is 11.3. The predicted octanol–water partition coefficient (Wildman–Crippen LogP) is 3.24. The van der Waals surface area contributed by atoms with Gasteiger partial charge in [-0.3, -0.25) is 9.69 Å². The van der Waals surface area contributed by atoms with Crippen molar-refractivity contribution in [3.8, 4) is 5.75 Å². The fourth-order valence-corrected chi connectivity index (χ4v) is 4.89. The highest BCUT2D eigenvalue weighted by atomic mass is 32.2. The van der Waals surface area contributed by atoms with Crippen molar-refractivity contribution in [2.24, 2.45) is 0 Å². The molecule has 1 aliphatic heterocycles. The van der Waals surface area contributed by atoms with Gasteiger partial charge in [0.15, 0.2) is 0 Å². The molecule has 156 valence electrons. The SMILES string of the molecule is CC(=O)Oc1ccc(C(C)C)cc1CN1CCN(S(=O)(=O)c2ccccc2)CC1. The fourth-order valence-electron chi connectivity index (χ4n) is 3.45. The summed E-state index contributed by atoms with van der Waals surface area (Å²) in [4.78, 5) is 14.0. The van der Waals surface area contributed by atoms with Crippen LogP contribution in [0.5, 0.6) is 5.75 Å². The van der Waals surface area contributed by atoms with Crippen LogP contribution >= 0.6 is 0 Å². The zero-order valence-corrected chi connectivity index (χ0v) is 18.0. The van der Waals surface area contributed by atoms with E-state index >= 15 is 0 Å². The maximum absolute atomic E-state index is 12.8. The Balaban J connectivity index is 1.70. The Hall–Kier alpha value is -2.22. The van der Waals surface area contributed by atoms with E-state index < -0.39 is 10.0 Å². The summed E-state index contributed by atoms with van der Waals surface area (Å²) in [7, 11) is -3.46. The number of hydrogen-bond acceptors (Lipinski definition) is 5. The van der Waals surface area contributed by atoms with Crippen molar-refractivity contribution in [1.29, 1.82) is 0 Å². The second-order valence-corrected chi connectivity index (χ2v) is 9.55. The maximum Gasteiger partial charge on any atom is 0.308 e. The minimum atomic E-state index is -3.46. The first kappa shape index (κ1) is 21.5. The lowest BCUT2D eigenvalue weighted by Crippen LogP contribution is -2.48. The van der Waals surface area contributed by atoms with E-state index in [-0.39, 0.29) is 5.97 Å². The molecule has 2 aromatic carbocycles. The summed E-state index contributed by atoms with van der Waals surface area (Å²) < 4.78 is 32.5. The van der Waals surface area contributed by atoms with E-state index in [4.69, 9.17) is 4.74 Å². The molecule has 6 nitrogen and oxygen atoms in total. The third-order valence-corrected chi connectivity index (χ3v) is 7.02. The number of benzene rings is 2. The lowest BCUT2D eigenvalue weighted by molar-refractivity contribution is -0.131. The molecule has 1 aliphatic rings. The molecule has 0 bridgehead atoms. The molecule has 0 aromatic heterocycles. The van der Waals surface area contributed by atoms with E-state index in [2.05, 4.69) is 24.8 Å². The standard InChI is InChI=1S/C22H28N2O4S/c1-17(2)19-9-10-22(28-18(3)25)20(15-19)16-23-11-13-24(14-12-23)29(26,27)21-7-5-4-6-8-21/h4-10,15,17H,11-14,16H2,1-3H3. The molecule has 1 fully saturated rings. The molecule has 0 atom stereocenters. The topological polar surface area (TPSA) is 66.9 Å². The number of piperazine rings is 1. The van der Waals surface area contributed by atoms with E-state index in [9.17, 15) is 13.2 Å². The summed E-state index contributed by atoms with van der Waals surface area (Å²) in [6.45, 7) is 8.37. The molecule has 1 saturated heterocycles. The van der Waals surface area contributed by atoms with Crippen molar-refractivity contribution in [1.82, 2.24) is 9.21 Å². The van der Waals surface area contributed by atoms with Crippen LogP contribution in [0.15, 0.2) is 53.4 Å². The molecule has 2 aromatic rings. The first-order valence-electron chi connectivity index (χ1n) is 9.86. The Morgan fingerprint density at radius 3 is 2.28 bits per heavy atom. The monoisotopic (exact) mass is 416 g/mol. The van der Waals surface area contributed by atoms with Gasteiger partial charge in [0.2, 0.25) is 10.0 Å². The highest BCUT2D eigenvalue weighted by Gasteiger charge is 2.28. The minimum Gasteiger partial charge on any atom is -0.426 e. The van der Waals surface area contributed by atoms with Gasteiger partial charge in [0, 0.05) is 45.2 Å². The Labute approximate surface area is 173 Å². The van der Waals surface area contributed by atoms with Gasteiger partial charge in [-0.2, -0.15) is 4.31 Å². The van der Waals surface area contributed by atoms with Crippen LogP contribution in [-0.2, 0) is 21.4 Å². The first-order chi connectivity index (χ1) is 13.8. The summed E-state index contributed by atoms with van der Waals surface area (Å²) in [5.41, 5.74) is 2.13. The third kappa shape index (κ3) is 5.23. The van der Waals surface area contributed by atoms with Crippen molar-refractivity contribution >= 4 is 16.0 Å². The van der Waals surface area contributed by atoms with E-state index in [0.717, 1.165) is 5.56 Å².